The molecule has 0 aliphatic rings. The lowest BCUT2D eigenvalue weighted by atomic mass is 10.1. The van der Waals surface area contributed by atoms with Crippen LogP contribution < -0.4 is 0 Å². The first-order chi connectivity index (χ1) is 9.61. The quantitative estimate of drug-likeness (QED) is 0.767. The molecule has 20 heavy (non-hydrogen) atoms. The number of rotatable bonds is 5. The lowest BCUT2D eigenvalue weighted by molar-refractivity contribution is -0.144. The van der Waals surface area contributed by atoms with Gasteiger partial charge in [-0.3, -0.25) is 14.8 Å². The number of hydrogen-bond donors (Lipinski definition) is 0. The second kappa shape index (κ2) is 6.23. The number of aromatic nitrogens is 5. The maximum absolute atomic E-state index is 11.4. The molecule has 7 nitrogen and oxygen atoms in total. The van der Waals surface area contributed by atoms with Crippen molar-refractivity contribution in [1.29, 1.82) is 0 Å². The number of ether oxygens (including phenoxy) is 1. The fraction of sp³-hybridized carbons (Fsp3) is 0.462. The lowest BCUT2D eigenvalue weighted by Crippen LogP contribution is -2.13. The van der Waals surface area contributed by atoms with Crippen molar-refractivity contribution in [3.8, 4) is 11.4 Å². The summed E-state index contributed by atoms with van der Waals surface area (Å²) in [7, 11) is 0. The average Bonchev–Trinajstić information content (AvgIpc) is 2.87. The van der Waals surface area contributed by atoms with E-state index in [-0.39, 0.29) is 18.4 Å². The smallest absolute Gasteiger partial charge is 0.327 e. The van der Waals surface area contributed by atoms with Gasteiger partial charge in [-0.25, -0.2) is 4.68 Å². The molecule has 0 saturated heterocycles. The van der Waals surface area contributed by atoms with Crippen molar-refractivity contribution >= 4 is 5.97 Å². The molecular formula is C13H17N5O2. The van der Waals surface area contributed by atoms with Crippen molar-refractivity contribution in [2.75, 3.05) is 6.61 Å². The third-order valence-electron chi connectivity index (χ3n) is 2.65. The molecule has 2 aromatic rings. The molecule has 0 fully saturated rings. The van der Waals surface area contributed by atoms with E-state index in [2.05, 4.69) is 20.3 Å². The van der Waals surface area contributed by atoms with Crippen LogP contribution >= 0.6 is 0 Å². The average molecular weight is 275 g/mol. The molecule has 0 N–H and O–H groups in total. The minimum Gasteiger partial charge on any atom is -0.465 e. The normalized spacial score (nSPS) is 10.8. The van der Waals surface area contributed by atoms with Crippen LogP contribution in [0.25, 0.3) is 11.4 Å². The maximum atomic E-state index is 11.4. The van der Waals surface area contributed by atoms with Crippen molar-refractivity contribution < 1.29 is 9.53 Å². The SMILES string of the molecule is CCOC(=O)Cn1cc(-c2nccnc2C(C)C)nn1. The zero-order valence-electron chi connectivity index (χ0n) is 11.8. The minimum absolute atomic E-state index is 0.0398. The fourth-order valence-corrected chi connectivity index (χ4v) is 1.79. The highest BCUT2D eigenvalue weighted by molar-refractivity contribution is 5.69. The van der Waals surface area contributed by atoms with Crippen molar-refractivity contribution in [3.05, 3.63) is 24.3 Å². The third-order valence-corrected chi connectivity index (χ3v) is 2.65. The summed E-state index contributed by atoms with van der Waals surface area (Å²) in [6.07, 6.45) is 4.94. The van der Waals surface area contributed by atoms with Gasteiger partial charge in [-0.15, -0.1) is 5.10 Å². The van der Waals surface area contributed by atoms with Gasteiger partial charge >= 0.3 is 5.97 Å². The molecule has 106 valence electrons. The second-order valence-electron chi connectivity index (χ2n) is 4.55. The molecule has 0 aliphatic carbocycles. The van der Waals surface area contributed by atoms with E-state index < -0.39 is 0 Å². The van der Waals surface area contributed by atoms with Gasteiger partial charge in [0.25, 0.3) is 0 Å². The van der Waals surface area contributed by atoms with Gasteiger partial charge in [-0.2, -0.15) is 0 Å². The molecule has 0 radical (unpaired) electrons. The number of hydrogen-bond acceptors (Lipinski definition) is 6. The highest BCUT2D eigenvalue weighted by Crippen LogP contribution is 2.22. The zero-order valence-corrected chi connectivity index (χ0v) is 11.8. The standard InChI is InChI=1S/C13H17N5O2/c1-4-20-11(19)8-18-7-10(16-17-18)13-12(9(2)3)14-5-6-15-13/h5-7,9H,4,8H2,1-3H3. The van der Waals surface area contributed by atoms with E-state index in [1.165, 1.54) is 4.68 Å². The molecule has 0 bridgehead atoms. The Bertz CT molecular complexity index is 594. The van der Waals surface area contributed by atoms with Gasteiger partial charge in [0.05, 0.1) is 18.5 Å². The van der Waals surface area contributed by atoms with Crippen LogP contribution in [0.3, 0.4) is 0 Å². The summed E-state index contributed by atoms with van der Waals surface area (Å²) in [5, 5.41) is 7.96. The summed E-state index contributed by atoms with van der Waals surface area (Å²) in [5.74, 6) is -0.110. The second-order valence-corrected chi connectivity index (χ2v) is 4.55. The highest BCUT2D eigenvalue weighted by Gasteiger charge is 2.15. The summed E-state index contributed by atoms with van der Waals surface area (Å²) in [6.45, 7) is 6.23. The van der Waals surface area contributed by atoms with Crippen LogP contribution in [0, 0.1) is 0 Å². The summed E-state index contributed by atoms with van der Waals surface area (Å²) in [5.41, 5.74) is 2.15. The third kappa shape index (κ3) is 3.17. The van der Waals surface area contributed by atoms with Crippen LogP contribution in [0.5, 0.6) is 0 Å². The molecule has 0 amide bonds. The highest BCUT2D eigenvalue weighted by atomic mass is 16.5. The Balaban J connectivity index is 2.23. The van der Waals surface area contributed by atoms with Crippen LogP contribution in [0.2, 0.25) is 0 Å². The molecule has 0 aliphatic heterocycles. The van der Waals surface area contributed by atoms with Crippen LogP contribution in [0.4, 0.5) is 0 Å². The predicted molar refractivity (Wildman–Crippen MR) is 71.8 cm³/mol. The van der Waals surface area contributed by atoms with Crippen LogP contribution in [0.1, 0.15) is 32.4 Å². The topological polar surface area (TPSA) is 82.8 Å². The summed E-state index contributed by atoms with van der Waals surface area (Å²) in [4.78, 5) is 20.0. The molecule has 0 saturated carbocycles. The van der Waals surface area contributed by atoms with Gasteiger partial charge in [0, 0.05) is 12.4 Å². The molecule has 0 spiro atoms. The maximum Gasteiger partial charge on any atom is 0.327 e. The van der Waals surface area contributed by atoms with E-state index in [1.54, 1.807) is 25.5 Å². The van der Waals surface area contributed by atoms with Gasteiger partial charge in [0.15, 0.2) is 0 Å². The van der Waals surface area contributed by atoms with Crippen molar-refractivity contribution in [2.45, 2.75) is 33.2 Å². The predicted octanol–water partition coefficient (Wildman–Crippen LogP) is 1.42. The molecule has 0 aromatic carbocycles. The van der Waals surface area contributed by atoms with Crippen molar-refractivity contribution in [1.82, 2.24) is 25.0 Å². The molecule has 2 rings (SSSR count). The van der Waals surface area contributed by atoms with E-state index in [0.29, 0.717) is 18.0 Å². The molecule has 2 aromatic heterocycles. The first-order valence-corrected chi connectivity index (χ1v) is 6.48. The van der Waals surface area contributed by atoms with Gasteiger partial charge in [-0.1, -0.05) is 19.1 Å². The van der Waals surface area contributed by atoms with E-state index in [1.807, 2.05) is 13.8 Å². The molecule has 2 heterocycles. The minimum atomic E-state index is -0.341. The van der Waals surface area contributed by atoms with E-state index >= 15 is 0 Å². The Morgan fingerprint density at radius 2 is 2.10 bits per heavy atom. The number of nitrogens with zero attached hydrogens (tertiary/aromatic N) is 5. The van der Waals surface area contributed by atoms with Gasteiger partial charge in [0.1, 0.15) is 17.9 Å². The zero-order chi connectivity index (χ0) is 14.5. The van der Waals surface area contributed by atoms with Gasteiger partial charge in [-0.05, 0) is 12.8 Å². The Morgan fingerprint density at radius 1 is 1.35 bits per heavy atom. The molecule has 0 unspecified atom stereocenters. The Labute approximate surface area is 117 Å². The first kappa shape index (κ1) is 14.1. The number of carbonyl (C=O) groups is 1. The lowest BCUT2D eigenvalue weighted by Gasteiger charge is -2.07. The Hall–Kier alpha value is -2.31. The van der Waals surface area contributed by atoms with Crippen molar-refractivity contribution in [2.24, 2.45) is 0 Å². The summed E-state index contributed by atoms with van der Waals surface area (Å²) in [6, 6.07) is 0. The van der Waals surface area contributed by atoms with Gasteiger partial charge in [0.2, 0.25) is 0 Å². The molecule has 0 atom stereocenters. The van der Waals surface area contributed by atoms with Crippen LogP contribution in [0.15, 0.2) is 18.6 Å². The monoisotopic (exact) mass is 275 g/mol. The van der Waals surface area contributed by atoms with Crippen LogP contribution in [-0.4, -0.2) is 37.5 Å². The van der Waals surface area contributed by atoms with Crippen molar-refractivity contribution in [3.63, 3.8) is 0 Å². The van der Waals surface area contributed by atoms with E-state index in [9.17, 15) is 4.79 Å². The number of carbonyl (C=O) groups excluding carboxylic acids is 1. The van der Waals surface area contributed by atoms with Gasteiger partial charge < -0.3 is 4.74 Å². The molecule has 7 heteroatoms. The first-order valence-electron chi connectivity index (χ1n) is 6.48. The van der Waals surface area contributed by atoms with Crippen LogP contribution in [-0.2, 0) is 16.1 Å². The number of esters is 1. The summed E-state index contributed by atoms with van der Waals surface area (Å²) >= 11 is 0. The van der Waals surface area contributed by atoms with E-state index in [4.69, 9.17) is 4.74 Å². The fourth-order valence-electron chi connectivity index (χ4n) is 1.79. The Morgan fingerprint density at radius 3 is 2.80 bits per heavy atom. The largest absolute Gasteiger partial charge is 0.465 e. The van der Waals surface area contributed by atoms with E-state index in [0.717, 1.165) is 5.69 Å². The summed E-state index contributed by atoms with van der Waals surface area (Å²) < 4.78 is 6.30. The Kier molecular flexibility index (Phi) is 4.39. The molecular weight excluding hydrogens is 258 g/mol.